The van der Waals surface area contributed by atoms with E-state index < -0.39 is 23.4 Å². The quantitative estimate of drug-likeness (QED) is 0.808. The smallest absolute Gasteiger partial charge is 0.450 e. The lowest BCUT2D eigenvalue weighted by Crippen LogP contribution is -2.36. The summed E-state index contributed by atoms with van der Waals surface area (Å²) in [4.78, 5) is 24.9. The minimum Gasteiger partial charge on any atom is -0.451 e. The van der Waals surface area contributed by atoms with Gasteiger partial charge < -0.3 is 20.0 Å². The topological polar surface area (TPSA) is 74.6 Å². The van der Waals surface area contributed by atoms with Crippen LogP contribution < -0.4 is 10.6 Å². The number of rotatable bonds is 5. The van der Waals surface area contributed by atoms with Crippen LogP contribution in [0.5, 0.6) is 0 Å². The number of carbonyl (C=O) groups excluding carboxylic acids is 2. The Morgan fingerprint density at radius 2 is 1.76 bits per heavy atom. The predicted octanol–water partition coefficient (Wildman–Crippen LogP) is 2.84. The van der Waals surface area contributed by atoms with Crippen molar-refractivity contribution in [1.29, 1.82) is 0 Å². The third-order valence-electron chi connectivity index (χ3n) is 3.40. The number of benzene rings is 1. The third-order valence-corrected chi connectivity index (χ3v) is 3.40. The summed E-state index contributed by atoms with van der Waals surface area (Å²) in [6.07, 6.45) is -4.40. The molecule has 0 aliphatic heterocycles. The summed E-state index contributed by atoms with van der Waals surface area (Å²) < 4.78 is 44.2. The summed E-state index contributed by atoms with van der Waals surface area (Å²) in [6.45, 7) is 0.402. The van der Waals surface area contributed by atoms with Gasteiger partial charge in [0.2, 0.25) is 5.76 Å². The first-order valence-corrected chi connectivity index (χ1v) is 7.54. The number of hydrogen-bond donors (Lipinski definition) is 2. The second kappa shape index (κ2) is 7.45. The van der Waals surface area contributed by atoms with Crippen molar-refractivity contribution >= 4 is 22.9 Å². The zero-order valence-corrected chi connectivity index (χ0v) is 13.7. The summed E-state index contributed by atoms with van der Waals surface area (Å²) in [7, 11) is 3.17. The fraction of sp³-hybridized carbons (Fsp3) is 0.375. The maximum atomic E-state index is 13.1. The SMILES string of the molecule is CN(C)C(=O)NCCCNC(=O)c1c(C(F)(F)F)oc2ccccc12. The lowest BCUT2D eigenvalue weighted by molar-refractivity contribution is -0.152. The number of nitrogens with zero attached hydrogens (tertiary/aromatic N) is 1. The van der Waals surface area contributed by atoms with Gasteiger partial charge in [-0.3, -0.25) is 4.79 Å². The van der Waals surface area contributed by atoms with Crippen LogP contribution in [0.2, 0.25) is 0 Å². The van der Waals surface area contributed by atoms with Crippen LogP contribution in [0, 0.1) is 0 Å². The van der Waals surface area contributed by atoms with E-state index in [9.17, 15) is 22.8 Å². The molecule has 0 spiro atoms. The van der Waals surface area contributed by atoms with E-state index in [2.05, 4.69) is 10.6 Å². The molecule has 0 unspecified atom stereocenters. The number of carbonyl (C=O) groups is 2. The van der Waals surface area contributed by atoms with Gasteiger partial charge in [-0.1, -0.05) is 18.2 Å². The first-order valence-electron chi connectivity index (χ1n) is 7.54. The number of alkyl halides is 3. The summed E-state index contributed by atoms with van der Waals surface area (Å²) in [6, 6.07) is 5.55. The molecule has 9 heteroatoms. The Labute approximate surface area is 142 Å². The van der Waals surface area contributed by atoms with Crippen LogP contribution in [0.3, 0.4) is 0 Å². The molecule has 0 radical (unpaired) electrons. The van der Waals surface area contributed by atoms with Gasteiger partial charge in [0.05, 0.1) is 5.56 Å². The van der Waals surface area contributed by atoms with E-state index in [0.29, 0.717) is 6.42 Å². The van der Waals surface area contributed by atoms with E-state index in [1.54, 1.807) is 14.1 Å². The molecule has 0 fully saturated rings. The third kappa shape index (κ3) is 4.43. The van der Waals surface area contributed by atoms with Gasteiger partial charge in [0, 0.05) is 32.6 Å². The highest BCUT2D eigenvalue weighted by Crippen LogP contribution is 2.37. The molecule has 2 rings (SSSR count). The summed E-state index contributed by atoms with van der Waals surface area (Å²) >= 11 is 0. The summed E-state index contributed by atoms with van der Waals surface area (Å²) in [5.74, 6) is -2.18. The summed E-state index contributed by atoms with van der Waals surface area (Å²) in [5.41, 5.74) is -0.529. The molecule has 0 saturated carbocycles. The summed E-state index contributed by atoms with van der Waals surface area (Å²) in [5, 5.41) is 5.13. The van der Waals surface area contributed by atoms with E-state index in [1.165, 1.54) is 29.2 Å². The lowest BCUT2D eigenvalue weighted by Gasteiger charge is -2.12. The number of furan rings is 1. The molecule has 3 amide bonds. The van der Waals surface area contributed by atoms with Crippen molar-refractivity contribution in [3.8, 4) is 0 Å². The predicted molar refractivity (Wildman–Crippen MR) is 85.3 cm³/mol. The Balaban J connectivity index is 2.05. The Morgan fingerprint density at radius 3 is 2.40 bits per heavy atom. The van der Waals surface area contributed by atoms with Gasteiger partial charge in [0.25, 0.3) is 5.91 Å². The molecule has 25 heavy (non-hydrogen) atoms. The molecule has 0 aliphatic carbocycles. The van der Waals surface area contributed by atoms with Crippen molar-refractivity contribution in [2.75, 3.05) is 27.2 Å². The molecule has 1 aromatic carbocycles. The van der Waals surface area contributed by atoms with Crippen LogP contribution in [-0.2, 0) is 6.18 Å². The second-order valence-electron chi connectivity index (χ2n) is 5.54. The van der Waals surface area contributed by atoms with Crippen molar-refractivity contribution in [1.82, 2.24) is 15.5 Å². The number of halogens is 3. The second-order valence-corrected chi connectivity index (χ2v) is 5.54. The molecule has 0 aliphatic rings. The molecule has 2 N–H and O–H groups in total. The van der Waals surface area contributed by atoms with E-state index >= 15 is 0 Å². The zero-order valence-electron chi connectivity index (χ0n) is 13.7. The highest BCUT2D eigenvalue weighted by atomic mass is 19.4. The maximum Gasteiger partial charge on any atom is 0.450 e. The van der Waals surface area contributed by atoms with Crippen LogP contribution in [0.1, 0.15) is 22.5 Å². The molecule has 6 nitrogen and oxygen atoms in total. The molecule has 0 atom stereocenters. The van der Waals surface area contributed by atoms with Gasteiger partial charge >= 0.3 is 12.2 Å². The van der Waals surface area contributed by atoms with E-state index in [4.69, 9.17) is 4.42 Å². The number of fused-ring (bicyclic) bond motifs is 1. The van der Waals surface area contributed by atoms with Gasteiger partial charge in [-0.05, 0) is 12.5 Å². The average Bonchev–Trinajstić information content (AvgIpc) is 2.93. The number of nitrogens with one attached hydrogen (secondary N) is 2. The van der Waals surface area contributed by atoms with Crippen LogP contribution in [0.4, 0.5) is 18.0 Å². The number of amides is 3. The molecule has 1 aromatic heterocycles. The van der Waals surface area contributed by atoms with Crippen molar-refractivity contribution < 1.29 is 27.2 Å². The van der Waals surface area contributed by atoms with Crippen molar-refractivity contribution in [3.63, 3.8) is 0 Å². The Bertz CT molecular complexity index is 769. The molecule has 0 saturated heterocycles. The largest absolute Gasteiger partial charge is 0.451 e. The Kier molecular flexibility index (Phi) is 5.55. The van der Waals surface area contributed by atoms with E-state index in [-0.39, 0.29) is 30.1 Å². The molecule has 136 valence electrons. The molecule has 0 bridgehead atoms. The Morgan fingerprint density at radius 1 is 1.12 bits per heavy atom. The Hall–Kier alpha value is -2.71. The van der Waals surface area contributed by atoms with Gasteiger partial charge in [-0.25, -0.2) is 4.79 Å². The minimum atomic E-state index is -4.77. The van der Waals surface area contributed by atoms with Crippen molar-refractivity contribution in [3.05, 3.63) is 35.6 Å². The van der Waals surface area contributed by atoms with Crippen molar-refractivity contribution in [2.24, 2.45) is 0 Å². The van der Waals surface area contributed by atoms with Gasteiger partial charge in [-0.15, -0.1) is 0 Å². The number of para-hydroxylation sites is 1. The first-order chi connectivity index (χ1) is 11.7. The average molecular weight is 357 g/mol. The van der Waals surface area contributed by atoms with Gasteiger partial charge in [0.15, 0.2) is 0 Å². The van der Waals surface area contributed by atoms with Crippen LogP contribution in [0.25, 0.3) is 11.0 Å². The van der Waals surface area contributed by atoms with E-state index in [1.807, 2.05) is 0 Å². The van der Waals surface area contributed by atoms with Gasteiger partial charge in [-0.2, -0.15) is 13.2 Å². The highest BCUT2D eigenvalue weighted by Gasteiger charge is 2.41. The van der Waals surface area contributed by atoms with Crippen LogP contribution in [-0.4, -0.2) is 44.0 Å². The maximum absolute atomic E-state index is 13.1. The molecular formula is C16H18F3N3O3. The normalized spacial score (nSPS) is 11.4. The monoisotopic (exact) mass is 357 g/mol. The molecular weight excluding hydrogens is 339 g/mol. The fourth-order valence-electron chi connectivity index (χ4n) is 2.20. The zero-order chi connectivity index (χ0) is 18.6. The highest BCUT2D eigenvalue weighted by molar-refractivity contribution is 6.07. The van der Waals surface area contributed by atoms with Crippen LogP contribution >= 0.6 is 0 Å². The van der Waals surface area contributed by atoms with E-state index in [0.717, 1.165) is 0 Å². The van der Waals surface area contributed by atoms with Crippen LogP contribution in [0.15, 0.2) is 28.7 Å². The minimum absolute atomic E-state index is 0.00165. The standard InChI is InChI=1S/C16H18F3N3O3/c1-22(2)15(24)21-9-5-8-20-14(23)12-10-6-3-4-7-11(10)25-13(12)16(17,18)19/h3-4,6-7H,5,8-9H2,1-2H3,(H,20,23)(H,21,24). The number of urea groups is 1. The fourth-order valence-corrected chi connectivity index (χ4v) is 2.20. The number of hydrogen-bond acceptors (Lipinski definition) is 3. The lowest BCUT2D eigenvalue weighted by atomic mass is 10.1. The molecule has 2 aromatic rings. The van der Waals surface area contributed by atoms with Crippen molar-refractivity contribution in [2.45, 2.75) is 12.6 Å². The first kappa shape index (κ1) is 18.6. The molecule has 1 heterocycles. The van der Waals surface area contributed by atoms with Gasteiger partial charge in [0.1, 0.15) is 5.58 Å².